The normalized spacial score (nSPS) is 22.4. The zero-order valence-electron chi connectivity index (χ0n) is 14.6. The molecule has 0 unspecified atom stereocenters. The van der Waals surface area contributed by atoms with Gasteiger partial charge in [0, 0.05) is 45.0 Å². The topological polar surface area (TPSA) is 60.5 Å². The lowest BCUT2D eigenvalue weighted by atomic mass is 10.0. The van der Waals surface area contributed by atoms with Crippen LogP contribution in [0.1, 0.15) is 36.0 Å². The van der Waals surface area contributed by atoms with Gasteiger partial charge in [-0.05, 0) is 45.0 Å². The lowest BCUT2D eigenvalue weighted by molar-refractivity contribution is 0.0945. The maximum absolute atomic E-state index is 12.3. The Kier molecular flexibility index (Phi) is 6.04. The van der Waals surface area contributed by atoms with E-state index >= 15 is 0 Å². The van der Waals surface area contributed by atoms with Crippen LogP contribution in [0.2, 0.25) is 0 Å². The number of amides is 1. The van der Waals surface area contributed by atoms with E-state index in [1.54, 1.807) is 6.20 Å². The van der Waals surface area contributed by atoms with E-state index in [4.69, 9.17) is 0 Å². The second-order valence-electron chi connectivity index (χ2n) is 6.82. The minimum Gasteiger partial charge on any atom is -0.354 e. The molecular weight excluding hydrogens is 302 g/mol. The van der Waals surface area contributed by atoms with E-state index < -0.39 is 0 Å². The number of hydrogen-bond acceptors (Lipinski definition) is 5. The van der Waals surface area contributed by atoms with Crippen molar-refractivity contribution in [2.24, 2.45) is 0 Å². The molecule has 1 aromatic heterocycles. The highest BCUT2D eigenvalue weighted by molar-refractivity contribution is 5.94. The Hall–Kier alpha value is -1.66. The number of nitrogens with one attached hydrogen (secondary N) is 2. The van der Waals surface area contributed by atoms with Crippen molar-refractivity contribution < 1.29 is 4.79 Å². The first kappa shape index (κ1) is 17.2. The van der Waals surface area contributed by atoms with Gasteiger partial charge in [0.2, 0.25) is 0 Å². The lowest BCUT2D eigenvalue weighted by Gasteiger charge is -2.32. The highest BCUT2D eigenvalue weighted by Gasteiger charge is 2.18. The van der Waals surface area contributed by atoms with Crippen LogP contribution < -0.4 is 15.5 Å². The van der Waals surface area contributed by atoms with E-state index in [1.807, 2.05) is 12.1 Å². The third-order valence-electron chi connectivity index (χ3n) is 5.14. The van der Waals surface area contributed by atoms with Gasteiger partial charge in [-0.25, -0.2) is 4.98 Å². The third-order valence-corrected chi connectivity index (χ3v) is 5.14. The van der Waals surface area contributed by atoms with Crippen LogP contribution in [0, 0.1) is 0 Å². The highest BCUT2D eigenvalue weighted by Crippen LogP contribution is 2.17. The van der Waals surface area contributed by atoms with Gasteiger partial charge < -0.3 is 20.4 Å². The molecule has 2 aliphatic heterocycles. The number of carbonyl (C=O) groups excluding carboxylic acids is 1. The molecule has 3 heterocycles. The second-order valence-corrected chi connectivity index (χ2v) is 6.82. The Morgan fingerprint density at radius 1 is 1.29 bits per heavy atom. The first-order chi connectivity index (χ1) is 11.7. The van der Waals surface area contributed by atoms with Crippen molar-refractivity contribution in [2.45, 2.75) is 31.7 Å². The van der Waals surface area contributed by atoms with E-state index in [9.17, 15) is 4.79 Å². The van der Waals surface area contributed by atoms with Gasteiger partial charge in [-0.3, -0.25) is 4.79 Å². The van der Waals surface area contributed by atoms with E-state index in [2.05, 4.69) is 32.5 Å². The fraction of sp³-hybridized carbons (Fsp3) is 0.667. The van der Waals surface area contributed by atoms with Gasteiger partial charge >= 0.3 is 0 Å². The molecule has 2 aliphatic rings. The van der Waals surface area contributed by atoms with Crippen LogP contribution in [0.15, 0.2) is 18.3 Å². The molecule has 0 saturated carbocycles. The summed E-state index contributed by atoms with van der Waals surface area (Å²) in [5.74, 6) is 0.935. The molecule has 2 fully saturated rings. The van der Waals surface area contributed by atoms with Crippen LogP contribution in [-0.4, -0.2) is 68.1 Å². The van der Waals surface area contributed by atoms with Gasteiger partial charge in [0.15, 0.2) is 0 Å². The standard InChI is InChI=1S/C18H29N5O/c1-22-11-3-2-4-16(22)7-8-20-18(24)15-5-6-17(21-14-15)23-12-9-19-10-13-23/h5-6,14,16,19H,2-4,7-13H2,1H3,(H,20,24)/t16-/m1/s1. The predicted molar refractivity (Wildman–Crippen MR) is 96.5 cm³/mol. The molecule has 2 saturated heterocycles. The lowest BCUT2D eigenvalue weighted by Crippen LogP contribution is -2.43. The van der Waals surface area contributed by atoms with Crippen molar-refractivity contribution >= 4 is 11.7 Å². The monoisotopic (exact) mass is 331 g/mol. The first-order valence-electron chi connectivity index (χ1n) is 9.14. The smallest absolute Gasteiger partial charge is 0.252 e. The van der Waals surface area contributed by atoms with Gasteiger partial charge in [-0.15, -0.1) is 0 Å². The van der Waals surface area contributed by atoms with Crippen molar-refractivity contribution in [3.63, 3.8) is 0 Å². The highest BCUT2D eigenvalue weighted by atomic mass is 16.1. The number of aromatic nitrogens is 1. The molecule has 6 heteroatoms. The van der Waals surface area contributed by atoms with Crippen molar-refractivity contribution in [1.29, 1.82) is 0 Å². The van der Waals surface area contributed by atoms with Crippen LogP contribution in [0.5, 0.6) is 0 Å². The zero-order valence-corrected chi connectivity index (χ0v) is 14.6. The fourth-order valence-electron chi connectivity index (χ4n) is 3.56. The van der Waals surface area contributed by atoms with Gasteiger partial charge in [-0.2, -0.15) is 0 Å². The molecule has 1 aromatic rings. The average molecular weight is 331 g/mol. The van der Waals surface area contributed by atoms with Gasteiger partial charge in [0.25, 0.3) is 5.91 Å². The number of carbonyl (C=O) groups is 1. The summed E-state index contributed by atoms with van der Waals surface area (Å²) in [6.45, 7) is 5.81. The fourth-order valence-corrected chi connectivity index (χ4v) is 3.56. The van der Waals surface area contributed by atoms with E-state index in [1.165, 1.54) is 25.8 Å². The van der Waals surface area contributed by atoms with Gasteiger partial charge in [0.1, 0.15) is 5.82 Å². The number of anilines is 1. The number of piperidine rings is 1. The molecule has 6 nitrogen and oxygen atoms in total. The minimum absolute atomic E-state index is 0.0205. The maximum atomic E-state index is 12.3. The summed E-state index contributed by atoms with van der Waals surface area (Å²) in [5.41, 5.74) is 0.644. The summed E-state index contributed by atoms with van der Waals surface area (Å²) in [4.78, 5) is 21.4. The zero-order chi connectivity index (χ0) is 16.8. The Bertz CT molecular complexity index is 527. The van der Waals surface area contributed by atoms with E-state index in [-0.39, 0.29) is 5.91 Å². The minimum atomic E-state index is -0.0205. The number of pyridine rings is 1. The molecular formula is C18H29N5O. The van der Waals surface area contributed by atoms with E-state index in [0.29, 0.717) is 11.6 Å². The second kappa shape index (κ2) is 8.44. The third kappa shape index (κ3) is 4.45. The maximum Gasteiger partial charge on any atom is 0.252 e. The summed E-state index contributed by atoms with van der Waals surface area (Å²) < 4.78 is 0. The average Bonchev–Trinajstić information content (AvgIpc) is 2.64. The Morgan fingerprint density at radius 3 is 2.83 bits per heavy atom. The van der Waals surface area contributed by atoms with Crippen molar-refractivity contribution in [2.75, 3.05) is 51.2 Å². The molecule has 0 bridgehead atoms. The molecule has 0 aliphatic carbocycles. The van der Waals surface area contributed by atoms with Crippen LogP contribution in [0.4, 0.5) is 5.82 Å². The largest absolute Gasteiger partial charge is 0.354 e. The summed E-state index contributed by atoms with van der Waals surface area (Å²) >= 11 is 0. The summed E-state index contributed by atoms with van der Waals surface area (Å²) in [6, 6.07) is 4.44. The first-order valence-corrected chi connectivity index (χ1v) is 9.14. The van der Waals surface area contributed by atoms with Crippen molar-refractivity contribution in [3.8, 4) is 0 Å². The Labute approximate surface area is 144 Å². The number of nitrogens with zero attached hydrogens (tertiary/aromatic N) is 3. The molecule has 0 radical (unpaired) electrons. The summed E-state index contributed by atoms with van der Waals surface area (Å²) in [5, 5.41) is 6.37. The molecule has 0 aromatic carbocycles. The van der Waals surface area contributed by atoms with Crippen LogP contribution >= 0.6 is 0 Å². The summed E-state index contributed by atoms with van der Waals surface area (Å²) in [6.07, 6.45) is 6.56. The molecule has 3 rings (SSSR count). The number of hydrogen-bond donors (Lipinski definition) is 2. The molecule has 132 valence electrons. The molecule has 1 amide bonds. The quantitative estimate of drug-likeness (QED) is 0.846. The molecule has 1 atom stereocenters. The number of rotatable bonds is 5. The van der Waals surface area contributed by atoms with Crippen molar-refractivity contribution in [3.05, 3.63) is 23.9 Å². The number of piperazine rings is 1. The van der Waals surface area contributed by atoms with Crippen molar-refractivity contribution in [1.82, 2.24) is 20.5 Å². The number of likely N-dealkylation sites (tertiary alicyclic amines) is 1. The SMILES string of the molecule is CN1CCCC[C@@H]1CCNC(=O)c1ccc(N2CCNCC2)nc1. The Balaban J connectivity index is 1.46. The van der Waals surface area contributed by atoms with E-state index in [0.717, 1.165) is 45.0 Å². The van der Waals surface area contributed by atoms with Crippen LogP contribution in [-0.2, 0) is 0 Å². The summed E-state index contributed by atoms with van der Waals surface area (Å²) in [7, 11) is 2.18. The molecule has 24 heavy (non-hydrogen) atoms. The van der Waals surface area contributed by atoms with Crippen LogP contribution in [0.25, 0.3) is 0 Å². The van der Waals surface area contributed by atoms with Gasteiger partial charge in [0.05, 0.1) is 5.56 Å². The van der Waals surface area contributed by atoms with Gasteiger partial charge in [-0.1, -0.05) is 6.42 Å². The predicted octanol–water partition coefficient (Wildman–Crippen LogP) is 1.10. The molecule has 2 N–H and O–H groups in total. The van der Waals surface area contributed by atoms with Crippen LogP contribution in [0.3, 0.4) is 0 Å². The Morgan fingerprint density at radius 2 is 2.12 bits per heavy atom. The molecule has 0 spiro atoms.